The zero-order valence-corrected chi connectivity index (χ0v) is 27.7. The van der Waals surface area contributed by atoms with Gasteiger partial charge in [0.2, 0.25) is 5.90 Å². The maximum atomic E-state index is 14.4. The first kappa shape index (κ1) is 32.5. The van der Waals surface area contributed by atoms with Crippen molar-refractivity contribution in [1.29, 1.82) is 0 Å². The number of nitrogens with zero attached hydrogens (tertiary/aromatic N) is 1. The quantitative estimate of drug-likeness (QED) is 0.150. The number of rotatable bonds is 12. The summed E-state index contributed by atoms with van der Waals surface area (Å²) in [6, 6.07) is 34.0. The lowest BCUT2D eigenvalue weighted by molar-refractivity contribution is -0.129. The molecule has 234 valence electrons. The third-order valence-electron chi connectivity index (χ3n) is 7.90. The largest absolute Gasteiger partial charge is 0.494 e. The van der Waals surface area contributed by atoms with E-state index in [-0.39, 0.29) is 17.9 Å². The summed E-state index contributed by atoms with van der Waals surface area (Å²) >= 11 is 3.54. The number of nitrogens with one attached hydrogen (secondary N) is 1. The van der Waals surface area contributed by atoms with Crippen LogP contribution in [0.4, 0.5) is 0 Å². The monoisotopic (exact) mass is 668 g/mol. The van der Waals surface area contributed by atoms with Gasteiger partial charge in [0.25, 0.3) is 5.91 Å². The Balaban J connectivity index is 1.55. The van der Waals surface area contributed by atoms with Crippen LogP contribution in [-0.2, 0) is 16.0 Å². The number of aliphatic hydroxyl groups excluding tert-OH is 1. The molecule has 45 heavy (non-hydrogen) atoms. The van der Waals surface area contributed by atoms with Gasteiger partial charge in [-0.3, -0.25) is 4.79 Å². The van der Waals surface area contributed by atoms with E-state index >= 15 is 0 Å². The van der Waals surface area contributed by atoms with Crippen molar-refractivity contribution in [3.05, 3.63) is 124 Å². The molecule has 4 aromatic carbocycles. The minimum Gasteiger partial charge on any atom is -0.494 e. The molecule has 0 saturated heterocycles. The zero-order chi connectivity index (χ0) is 31.9. The number of aliphatic imine (C=N–C) groups is 1. The highest BCUT2D eigenvalue weighted by molar-refractivity contribution is 9.10. The fraction of sp³-hybridized carbons (Fsp3) is 0.316. The average Bonchev–Trinajstić information content (AvgIpc) is 3.43. The third kappa shape index (κ3) is 8.21. The molecule has 2 atom stereocenters. The van der Waals surface area contributed by atoms with Gasteiger partial charge in [0.05, 0.1) is 6.61 Å². The molecule has 0 aromatic heterocycles. The second kappa shape index (κ2) is 14.4. The minimum atomic E-state index is -1.24. The lowest BCUT2D eigenvalue weighted by Gasteiger charge is -2.31. The van der Waals surface area contributed by atoms with E-state index in [0.717, 1.165) is 38.7 Å². The van der Waals surface area contributed by atoms with Crippen molar-refractivity contribution in [2.24, 2.45) is 10.4 Å². The van der Waals surface area contributed by atoms with Gasteiger partial charge in [0, 0.05) is 36.0 Å². The molecule has 1 amide bonds. The van der Waals surface area contributed by atoms with Crippen LogP contribution >= 0.6 is 15.9 Å². The molecular formula is C38H41BrN2O4. The number of hydrogen-bond acceptors (Lipinski definition) is 5. The molecule has 1 heterocycles. The minimum absolute atomic E-state index is 0.0699. The molecule has 0 fully saturated rings. The third-order valence-corrected chi connectivity index (χ3v) is 8.43. The van der Waals surface area contributed by atoms with Crippen LogP contribution < -0.4 is 10.1 Å². The van der Waals surface area contributed by atoms with Gasteiger partial charge in [-0.15, -0.1) is 0 Å². The summed E-state index contributed by atoms with van der Waals surface area (Å²) in [5, 5.41) is 12.3. The Bertz CT molecular complexity index is 1580. The number of carbonyl (C=O) groups excluding carboxylic acids is 1. The van der Waals surface area contributed by atoms with E-state index in [4.69, 9.17) is 19.6 Å². The summed E-state index contributed by atoms with van der Waals surface area (Å²) < 4.78 is 13.4. The summed E-state index contributed by atoms with van der Waals surface area (Å²) in [4.78, 5) is 19.6. The molecule has 6 nitrogen and oxygen atoms in total. The van der Waals surface area contributed by atoms with Gasteiger partial charge in [-0.2, -0.15) is 0 Å². The van der Waals surface area contributed by atoms with Crippen LogP contribution in [0.25, 0.3) is 11.1 Å². The molecule has 1 aliphatic rings. The molecule has 0 aliphatic carbocycles. The second-order valence-electron chi connectivity index (χ2n) is 12.6. The standard InChI is InChI=1S/C38H41BrN2O4/c1-37(2,3)22-23-40-36(43)38(26-27-10-18-32(39)19-11-27)34(30-14-12-29(13-15-30)28-8-5-4-6-9-28)45-35(41-38)31-16-20-33(21-17-31)44-25-7-24-42/h4-6,8-21,34,42H,7,22-26H2,1-3H3,(H,40,43)/t34-,38-/m1/s1. The second-order valence-corrected chi connectivity index (χ2v) is 13.6. The number of amides is 1. The first-order valence-electron chi connectivity index (χ1n) is 15.5. The van der Waals surface area contributed by atoms with Gasteiger partial charge in [0.15, 0.2) is 11.6 Å². The Labute approximate surface area is 274 Å². The fourth-order valence-corrected chi connectivity index (χ4v) is 5.65. The SMILES string of the molecule is CC(C)(C)CCNC(=O)[C@]1(Cc2ccc(Br)cc2)N=C(c2ccc(OCCCO)cc2)O[C@@H]1c1ccc(-c2ccccc2)cc1. The summed E-state index contributed by atoms with van der Waals surface area (Å²) in [5.74, 6) is 0.947. The molecule has 1 aliphatic heterocycles. The Morgan fingerprint density at radius 2 is 1.56 bits per heavy atom. The first-order chi connectivity index (χ1) is 21.7. The Morgan fingerprint density at radius 3 is 2.20 bits per heavy atom. The highest BCUT2D eigenvalue weighted by atomic mass is 79.9. The van der Waals surface area contributed by atoms with Crippen molar-refractivity contribution < 1.29 is 19.4 Å². The van der Waals surface area contributed by atoms with E-state index in [9.17, 15) is 4.79 Å². The Morgan fingerprint density at radius 1 is 0.911 bits per heavy atom. The molecular weight excluding hydrogens is 628 g/mol. The highest BCUT2D eigenvalue weighted by Gasteiger charge is 2.53. The van der Waals surface area contributed by atoms with E-state index in [2.05, 4.69) is 66.3 Å². The number of hydrogen-bond donors (Lipinski definition) is 2. The summed E-state index contributed by atoms with van der Waals surface area (Å²) in [5.41, 5.74) is 3.65. The molecule has 4 aromatic rings. The van der Waals surface area contributed by atoms with Gasteiger partial charge < -0.3 is 19.9 Å². The van der Waals surface area contributed by atoms with Gasteiger partial charge in [-0.1, -0.05) is 103 Å². The lowest BCUT2D eigenvalue weighted by Crippen LogP contribution is -2.50. The van der Waals surface area contributed by atoms with E-state index in [0.29, 0.717) is 37.6 Å². The molecule has 0 bridgehead atoms. The first-order valence-corrected chi connectivity index (χ1v) is 16.2. The number of halogens is 1. The smallest absolute Gasteiger partial charge is 0.252 e. The summed E-state index contributed by atoms with van der Waals surface area (Å²) in [7, 11) is 0. The van der Waals surface area contributed by atoms with E-state index < -0.39 is 11.6 Å². The van der Waals surface area contributed by atoms with Crippen molar-refractivity contribution >= 4 is 27.7 Å². The topological polar surface area (TPSA) is 80.2 Å². The van der Waals surface area contributed by atoms with Crippen molar-refractivity contribution in [2.45, 2.75) is 51.7 Å². The molecule has 0 saturated carbocycles. The Kier molecular flexibility index (Phi) is 10.4. The van der Waals surface area contributed by atoms with Crippen LogP contribution in [0.5, 0.6) is 5.75 Å². The number of carbonyl (C=O) groups is 1. The molecule has 0 spiro atoms. The molecule has 0 unspecified atom stereocenters. The predicted octanol–water partition coefficient (Wildman–Crippen LogP) is 7.93. The number of benzene rings is 4. The van der Waals surface area contributed by atoms with Crippen LogP contribution in [-0.4, -0.2) is 42.2 Å². The van der Waals surface area contributed by atoms with Crippen molar-refractivity contribution in [1.82, 2.24) is 5.32 Å². The average molecular weight is 670 g/mol. The van der Waals surface area contributed by atoms with Crippen molar-refractivity contribution in [2.75, 3.05) is 19.8 Å². The maximum Gasteiger partial charge on any atom is 0.252 e. The molecule has 0 radical (unpaired) electrons. The number of ether oxygens (including phenoxy) is 2. The maximum absolute atomic E-state index is 14.4. The van der Waals surface area contributed by atoms with Crippen LogP contribution in [0.1, 0.15) is 56.4 Å². The number of aliphatic hydroxyl groups is 1. The van der Waals surface area contributed by atoms with Crippen LogP contribution in [0.2, 0.25) is 0 Å². The molecule has 7 heteroatoms. The highest BCUT2D eigenvalue weighted by Crippen LogP contribution is 2.43. The molecule has 2 N–H and O–H groups in total. The van der Waals surface area contributed by atoms with E-state index in [1.807, 2.05) is 78.9 Å². The van der Waals surface area contributed by atoms with Gasteiger partial charge in [-0.05, 0) is 70.5 Å². The van der Waals surface area contributed by atoms with Crippen LogP contribution in [0.3, 0.4) is 0 Å². The Hall–Kier alpha value is -3.94. The predicted molar refractivity (Wildman–Crippen MR) is 184 cm³/mol. The zero-order valence-electron chi connectivity index (χ0n) is 26.1. The van der Waals surface area contributed by atoms with Gasteiger partial charge in [0.1, 0.15) is 5.75 Å². The summed E-state index contributed by atoms with van der Waals surface area (Å²) in [6.07, 6.45) is 1.10. The van der Waals surface area contributed by atoms with Gasteiger partial charge >= 0.3 is 0 Å². The lowest BCUT2D eigenvalue weighted by atomic mass is 9.81. The van der Waals surface area contributed by atoms with Crippen LogP contribution in [0, 0.1) is 5.41 Å². The van der Waals surface area contributed by atoms with Gasteiger partial charge in [-0.25, -0.2) is 4.99 Å². The van der Waals surface area contributed by atoms with Crippen LogP contribution in [0.15, 0.2) is 113 Å². The summed E-state index contributed by atoms with van der Waals surface area (Å²) in [6.45, 7) is 7.54. The van der Waals surface area contributed by atoms with E-state index in [1.165, 1.54) is 0 Å². The van der Waals surface area contributed by atoms with E-state index in [1.54, 1.807) is 0 Å². The fourth-order valence-electron chi connectivity index (χ4n) is 5.38. The van der Waals surface area contributed by atoms with Crippen molar-refractivity contribution in [3.63, 3.8) is 0 Å². The van der Waals surface area contributed by atoms with Crippen molar-refractivity contribution in [3.8, 4) is 16.9 Å². The normalized spacial score (nSPS) is 17.8. The molecule has 5 rings (SSSR count).